The molecule has 5 nitrogen and oxygen atoms in total. The van der Waals surface area contributed by atoms with Crippen LogP contribution in [0.4, 0.5) is 5.69 Å². The highest BCUT2D eigenvalue weighted by molar-refractivity contribution is 6.32. The molecule has 1 spiro atoms. The van der Waals surface area contributed by atoms with Crippen molar-refractivity contribution in [3.8, 4) is 5.75 Å². The normalized spacial score (nSPS) is 23.3. The zero-order valence-corrected chi connectivity index (χ0v) is 20.0. The SMILES string of the molecule is COc1cccc([C@H]2[C@H](C(C)=O)N3c4ccc(Cl)cc4C=C[C@H]3C23C(=O)c2ccccc2C3=O)c1. The molecular formula is C29H22ClNO4. The summed E-state index contributed by atoms with van der Waals surface area (Å²) in [6.45, 7) is 1.53. The van der Waals surface area contributed by atoms with Gasteiger partial charge in [0, 0.05) is 27.8 Å². The zero-order valence-electron chi connectivity index (χ0n) is 19.2. The summed E-state index contributed by atoms with van der Waals surface area (Å²) in [7, 11) is 1.57. The highest BCUT2D eigenvalue weighted by Gasteiger charge is 2.71. The van der Waals surface area contributed by atoms with Crippen molar-refractivity contribution in [2.45, 2.75) is 24.9 Å². The maximum Gasteiger partial charge on any atom is 0.180 e. The standard InChI is InChI=1S/C29H22ClNO4/c1-16(32)26-25(18-6-5-7-20(15-18)35-2)29(27(33)21-8-3-4-9-22(21)28(29)34)24-13-10-17-14-19(30)11-12-23(17)31(24)26/h3-15,24-26H,1-2H3/t24-,25-,26-/m0/s1. The summed E-state index contributed by atoms with van der Waals surface area (Å²) < 4.78 is 5.47. The molecule has 3 aromatic rings. The number of Topliss-reactive ketones (excluding diaryl/α,β-unsaturated/α-hetero) is 3. The number of ketones is 3. The molecule has 3 aromatic carbocycles. The molecule has 174 valence electrons. The molecule has 1 saturated heterocycles. The van der Waals surface area contributed by atoms with Crippen LogP contribution in [-0.4, -0.2) is 36.5 Å². The fourth-order valence-electron chi connectivity index (χ4n) is 6.31. The molecular weight excluding hydrogens is 462 g/mol. The van der Waals surface area contributed by atoms with Crippen molar-refractivity contribution >= 4 is 40.7 Å². The van der Waals surface area contributed by atoms with E-state index < -0.39 is 23.4 Å². The van der Waals surface area contributed by atoms with Gasteiger partial charge < -0.3 is 9.64 Å². The number of fused-ring (bicyclic) bond motifs is 5. The van der Waals surface area contributed by atoms with Gasteiger partial charge in [0.25, 0.3) is 0 Å². The van der Waals surface area contributed by atoms with Crippen molar-refractivity contribution in [1.82, 2.24) is 0 Å². The third kappa shape index (κ3) is 2.79. The number of anilines is 1. The number of methoxy groups -OCH3 is 1. The third-order valence-electron chi connectivity index (χ3n) is 7.64. The average molecular weight is 484 g/mol. The van der Waals surface area contributed by atoms with Gasteiger partial charge in [0.15, 0.2) is 17.3 Å². The first-order valence-electron chi connectivity index (χ1n) is 11.5. The molecule has 3 aliphatic rings. The molecule has 1 aliphatic carbocycles. The number of ether oxygens (including phenoxy) is 1. The molecule has 6 rings (SSSR count). The Labute approximate surface area is 208 Å². The number of carbonyl (C=O) groups is 3. The van der Waals surface area contributed by atoms with Crippen molar-refractivity contribution in [2.24, 2.45) is 5.41 Å². The van der Waals surface area contributed by atoms with Gasteiger partial charge in [0.1, 0.15) is 11.2 Å². The Hall–Kier alpha value is -3.70. The summed E-state index contributed by atoms with van der Waals surface area (Å²) in [5.41, 5.74) is 1.67. The largest absolute Gasteiger partial charge is 0.497 e. The Morgan fingerprint density at radius 1 is 0.971 bits per heavy atom. The lowest BCUT2D eigenvalue weighted by atomic mass is 9.64. The summed E-state index contributed by atoms with van der Waals surface area (Å²) in [6.07, 6.45) is 3.79. The fraction of sp³-hybridized carbons (Fsp3) is 0.207. The van der Waals surface area contributed by atoms with Crippen molar-refractivity contribution in [2.75, 3.05) is 12.0 Å². The lowest BCUT2D eigenvalue weighted by Gasteiger charge is -2.37. The van der Waals surface area contributed by atoms with E-state index in [2.05, 4.69) is 0 Å². The lowest BCUT2D eigenvalue weighted by Crippen LogP contribution is -2.48. The van der Waals surface area contributed by atoms with Crippen molar-refractivity contribution in [1.29, 1.82) is 0 Å². The monoisotopic (exact) mass is 483 g/mol. The number of carbonyl (C=O) groups excluding carboxylic acids is 3. The first-order chi connectivity index (χ1) is 16.9. The van der Waals surface area contributed by atoms with Crippen LogP contribution < -0.4 is 9.64 Å². The van der Waals surface area contributed by atoms with Crippen molar-refractivity contribution in [3.05, 3.63) is 100 Å². The summed E-state index contributed by atoms with van der Waals surface area (Å²) in [4.78, 5) is 44.0. The second kappa shape index (κ2) is 7.65. The Balaban J connectivity index is 1.68. The molecule has 2 heterocycles. The second-order valence-corrected chi connectivity index (χ2v) is 9.73. The topological polar surface area (TPSA) is 63.7 Å². The van der Waals surface area contributed by atoms with Crippen LogP contribution in [0.25, 0.3) is 6.08 Å². The van der Waals surface area contributed by atoms with E-state index >= 15 is 0 Å². The van der Waals surface area contributed by atoms with E-state index in [4.69, 9.17) is 16.3 Å². The molecule has 0 amide bonds. The van der Waals surface area contributed by atoms with Crippen molar-refractivity contribution in [3.63, 3.8) is 0 Å². The van der Waals surface area contributed by atoms with Gasteiger partial charge in [-0.15, -0.1) is 0 Å². The number of hydrogen-bond donors (Lipinski definition) is 0. The van der Waals surface area contributed by atoms with Crippen LogP contribution in [0.2, 0.25) is 5.02 Å². The Bertz CT molecular complexity index is 1420. The Kier molecular flexibility index (Phi) is 4.77. The number of nitrogens with zero attached hydrogens (tertiary/aromatic N) is 1. The first-order valence-corrected chi connectivity index (χ1v) is 11.9. The molecule has 0 bridgehead atoms. The van der Waals surface area contributed by atoms with Gasteiger partial charge in [0.2, 0.25) is 0 Å². The minimum absolute atomic E-state index is 0.118. The van der Waals surface area contributed by atoms with E-state index in [1.165, 1.54) is 6.92 Å². The first kappa shape index (κ1) is 21.8. The molecule has 0 saturated carbocycles. The minimum Gasteiger partial charge on any atom is -0.497 e. The number of halogens is 1. The molecule has 1 fully saturated rings. The minimum atomic E-state index is -1.49. The summed E-state index contributed by atoms with van der Waals surface area (Å²) in [5, 5.41) is 0.574. The van der Waals surface area contributed by atoms with E-state index in [1.807, 2.05) is 53.5 Å². The molecule has 35 heavy (non-hydrogen) atoms. The van der Waals surface area contributed by atoms with Crippen LogP contribution in [0.15, 0.2) is 72.8 Å². The average Bonchev–Trinajstić information content (AvgIpc) is 3.30. The van der Waals surface area contributed by atoms with Crippen LogP contribution in [-0.2, 0) is 4.79 Å². The smallest absolute Gasteiger partial charge is 0.180 e. The van der Waals surface area contributed by atoms with Gasteiger partial charge >= 0.3 is 0 Å². The molecule has 0 unspecified atom stereocenters. The zero-order chi connectivity index (χ0) is 24.5. The number of rotatable bonds is 3. The van der Waals surface area contributed by atoms with Gasteiger partial charge in [-0.05, 0) is 48.4 Å². The molecule has 0 N–H and O–H groups in total. The quantitative estimate of drug-likeness (QED) is 0.468. The summed E-state index contributed by atoms with van der Waals surface area (Å²) >= 11 is 6.26. The maximum atomic E-state index is 14.3. The second-order valence-electron chi connectivity index (χ2n) is 9.30. The third-order valence-corrected chi connectivity index (χ3v) is 7.87. The number of benzene rings is 3. The van der Waals surface area contributed by atoms with Gasteiger partial charge in [-0.25, -0.2) is 0 Å². The van der Waals surface area contributed by atoms with E-state index in [0.29, 0.717) is 21.9 Å². The van der Waals surface area contributed by atoms with Crippen LogP contribution >= 0.6 is 11.6 Å². The van der Waals surface area contributed by atoms with E-state index in [0.717, 1.165) is 16.8 Å². The van der Waals surface area contributed by atoms with Crippen LogP contribution in [0, 0.1) is 5.41 Å². The van der Waals surface area contributed by atoms with Crippen LogP contribution in [0.3, 0.4) is 0 Å². The Morgan fingerprint density at radius 3 is 2.34 bits per heavy atom. The van der Waals surface area contributed by atoms with Crippen LogP contribution in [0.5, 0.6) is 5.75 Å². The molecule has 2 aliphatic heterocycles. The lowest BCUT2D eigenvalue weighted by molar-refractivity contribution is -0.118. The number of hydrogen-bond acceptors (Lipinski definition) is 5. The maximum absolute atomic E-state index is 14.3. The summed E-state index contributed by atoms with van der Waals surface area (Å²) in [6, 6.07) is 18.4. The van der Waals surface area contributed by atoms with Crippen molar-refractivity contribution < 1.29 is 19.1 Å². The molecule has 3 atom stereocenters. The highest BCUT2D eigenvalue weighted by atomic mass is 35.5. The predicted octanol–water partition coefficient (Wildman–Crippen LogP) is 5.37. The fourth-order valence-corrected chi connectivity index (χ4v) is 6.49. The van der Waals surface area contributed by atoms with E-state index in [1.54, 1.807) is 37.4 Å². The van der Waals surface area contributed by atoms with Crippen LogP contribution in [0.1, 0.15) is 44.7 Å². The highest BCUT2D eigenvalue weighted by Crippen LogP contribution is 2.60. The molecule has 6 heteroatoms. The van der Waals surface area contributed by atoms with E-state index in [9.17, 15) is 14.4 Å². The van der Waals surface area contributed by atoms with Gasteiger partial charge in [-0.2, -0.15) is 0 Å². The molecule has 0 radical (unpaired) electrons. The van der Waals surface area contributed by atoms with Gasteiger partial charge in [0.05, 0.1) is 19.2 Å². The Morgan fingerprint density at radius 2 is 1.69 bits per heavy atom. The van der Waals surface area contributed by atoms with E-state index in [-0.39, 0.29) is 17.3 Å². The van der Waals surface area contributed by atoms with Gasteiger partial charge in [-0.1, -0.05) is 60.2 Å². The summed E-state index contributed by atoms with van der Waals surface area (Å²) in [5.74, 6) is -0.715. The predicted molar refractivity (Wildman–Crippen MR) is 134 cm³/mol. The van der Waals surface area contributed by atoms with Gasteiger partial charge in [-0.3, -0.25) is 14.4 Å². The molecule has 0 aromatic heterocycles.